The molecule has 2 amide bonds. The number of amides is 2. The average Bonchev–Trinajstić information content (AvgIpc) is 2.59. The van der Waals surface area contributed by atoms with E-state index in [2.05, 4.69) is 10.3 Å². The van der Waals surface area contributed by atoms with Gasteiger partial charge < -0.3 is 10.2 Å². The molecule has 1 N–H and O–H groups in total. The van der Waals surface area contributed by atoms with Crippen LogP contribution in [0.25, 0.3) is 0 Å². The molecular weight excluding hydrogens is 326 g/mol. The highest BCUT2D eigenvalue weighted by Crippen LogP contribution is 2.12. The number of nitrogens with zero attached hydrogens (tertiary/aromatic N) is 2. The number of carbonyl (C=O) groups excluding carboxylic acids is 2. The van der Waals surface area contributed by atoms with Gasteiger partial charge in [-0.15, -0.1) is 0 Å². The van der Waals surface area contributed by atoms with Gasteiger partial charge in [-0.2, -0.15) is 0 Å². The fraction of sp³-hybridized carbons (Fsp3) is 0.278. The Labute approximate surface area is 146 Å². The predicted octanol–water partition coefficient (Wildman–Crippen LogP) is 2.79. The number of aromatic nitrogens is 1. The van der Waals surface area contributed by atoms with E-state index in [1.54, 1.807) is 29.4 Å². The summed E-state index contributed by atoms with van der Waals surface area (Å²) in [4.78, 5) is 29.3. The largest absolute Gasteiger partial charge is 0.352 e. The smallest absolute Gasteiger partial charge is 0.222 e. The number of pyridine rings is 1. The highest BCUT2D eigenvalue weighted by atomic mass is 35.5. The topological polar surface area (TPSA) is 62.3 Å². The van der Waals surface area contributed by atoms with E-state index in [0.29, 0.717) is 24.7 Å². The Hall–Kier alpha value is -2.40. The summed E-state index contributed by atoms with van der Waals surface area (Å²) < 4.78 is 0. The van der Waals surface area contributed by atoms with Gasteiger partial charge in [-0.05, 0) is 35.4 Å². The van der Waals surface area contributed by atoms with E-state index < -0.39 is 0 Å². The lowest BCUT2D eigenvalue weighted by molar-refractivity contribution is -0.130. The summed E-state index contributed by atoms with van der Waals surface area (Å²) in [5.41, 5.74) is 1.97. The van der Waals surface area contributed by atoms with Crippen molar-refractivity contribution in [1.29, 1.82) is 0 Å². The Balaban J connectivity index is 1.81. The summed E-state index contributed by atoms with van der Waals surface area (Å²) in [7, 11) is 0. The summed E-state index contributed by atoms with van der Waals surface area (Å²) in [5, 5.41) is 3.50. The average molecular weight is 346 g/mol. The van der Waals surface area contributed by atoms with Gasteiger partial charge in [0, 0.05) is 50.4 Å². The molecule has 2 aromatic rings. The highest BCUT2D eigenvalue weighted by Gasteiger charge is 2.12. The number of rotatable bonds is 7. The SMILES string of the molecule is CC(=O)N(CCC(=O)NCc1ccncc1)Cc1ccc(Cl)cc1. The molecule has 0 saturated carbocycles. The zero-order chi connectivity index (χ0) is 17.4. The second-order valence-corrected chi connectivity index (χ2v) is 5.89. The summed E-state index contributed by atoms with van der Waals surface area (Å²) in [6.45, 7) is 2.80. The van der Waals surface area contributed by atoms with Crippen molar-refractivity contribution in [3.63, 3.8) is 0 Å². The van der Waals surface area contributed by atoms with E-state index in [1.165, 1.54) is 6.92 Å². The van der Waals surface area contributed by atoms with Crippen LogP contribution in [-0.2, 0) is 22.7 Å². The van der Waals surface area contributed by atoms with Crippen LogP contribution in [0, 0.1) is 0 Å². The zero-order valence-corrected chi connectivity index (χ0v) is 14.3. The second kappa shape index (κ2) is 9.03. The van der Waals surface area contributed by atoms with Crippen LogP contribution >= 0.6 is 11.6 Å². The minimum absolute atomic E-state index is 0.0631. The van der Waals surface area contributed by atoms with Crippen molar-refractivity contribution in [2.45, 2.75) is 26.4 Å². The molecule has 24 heavy (non-hydrogen) atoms. The fourth-order valence-corrected chi connectivity index (χ4v) is 2.31. The summed E-state index contributed by atoms with van der Waals surface area (Å²) in [5.74, 6) is -0.152. The molecule has 0 aliphatic heterocycles. The lowest BCUT2D eigenvalue weighted by Crippen LogP contribution is -2.33. The van der Waals surface area contributed by atoms with Crippen LogP contribution in [0.1, 0.15) is 24.5 Å². The molecule has 0 saturated heterocycles. The zero-order valence-electron chi connectivity index (χ0n) is 13.5. The molecule has 0 atom stereocenters. The molecule has 0 bridgehead atoms. The maximum atomic E-state index is 12.0. The molecule has 1 heterocycles. The maximum absolute atomic E-state index is 12.0. The van der Waals surface area contributed by atoms with Crippen molar-refractivity contribution >= 4 is 23.4 Å². The third-order valence-corrected chi connectivity index (χ3v) is 3.83. The normalized spacial score (nSPS) is 10.2. The minimum Gasteiger partial charge on any atom is -0.352 e. The highest BCUT2D eigenvalue weighted by molar-refractivity contribution is 6.30. The summed E-state index contributed by atoms with van der Waals surface area (Å²) in [6, 6.07) is 11.0. The molecule has 0 aliphatic rings. The minimum atomic E-state index is -0.0887. The monoisotopic (exact) mass is 345 g/mol. The number of benzene rings is 1. The van der Waals surface area contributed by atoms with Crippen LogP contribution in [0.4, 0.5) is 0 Å². The third kappa shape index (κ3) is 6.01. The first kappa shape index (κ1) is 17.9. The second-order valence-electron chi connectivity index (χ2n) is 5.45. The van der Waals surface area contributed by atoms with Gasteiger partial charge in [0.2, 0.25) is 11.8 Å². The molecule has 6 heteroatoms. The van der Waals surface area contributed by atoms with Gasteiger partial charge in [0.25, 0.3) is 0 Å². The van der Waals surface area contributed by atoms with E-state index in [9.17, 15) is 9.59 Å². The first-order valence-corrected chi connectivity index (χ1v) is 8.08. The quantitative estimate of drug-likeness (QED) is 0.839. The lowest BCUT2D eigenvalue weighted by Gasteiger charge is -2.21. The van der Waals surface area contributed by atoms with Gasteiger partial charge in [0.15, 0.2) is 0 Å². The van der Waals surface area contributed by atoms with Gasteiger partial charge in [0.1, 0.15) is 0 Å². The van der Waals surface area contributed by atoms with Crippen LogP contribution < -0.4 is 5.32 Å². The molecule has 126 valence electrons. The standard InChI is InChI=1S/C18H20ClN3O2/c1-14(23)22(13-16-2-4-17(19)5-3-16)11-8-18(24)21-12-15-6-9-20-10-7-15/h2-7,9-10H,8,11-13H2,1H3,(H,21,24). The van der Waals surface area contributed by atoms with Gasteiger partial charge in [-0.1, -0.05) is 23.7 Å². The van der Waals surface area contributed by atoms with Crippen molar-refractivity contribution in [3.8, 4) is 0 Å². The first-order chi connectivity index (χ1) is 11.5. The lowest BCUT2D eigenvalue weighted by atomic mass is 10.2. The number of nitrogens with one attached hydrogen (secondary N) is 1. The number of halogens is 1. The third-order valence-electron chi connectivity index (χ3n) is 3.58. The summed E-state index contributed by atoms with van der Waals surface area (Å²) in [6.07, 6.45) is 3.63. The predicted molar refractivity (Wildman–Crippen MR) is 93.2 cm³/mol. The maximum Gasteiger partial charge on any atom is 0.222 e. The van der Waals surface area contributed by atoms with Crippen molar-refractivity contribution in [1.82, 2.24) is 15.2 Å². The summed E-state index contributed by atoms with van der Waals surface area (Å²) >= 11 is 5.86. The van der Waals surface area contributed by atoms with Crippen LogP contribution in [0.2, 0.25) is 5.02 Å². The van der Waals surface area contributed by atoms with Crippen LogP contribution in [0.15, 0.2) is 48.8 Å². The molecule has 0 spiro atoms. The van der Waals surface area contributed by atoms with Gasteiger partial charge >= 0.3 is 0 Å². The van der Waals surface area contributed by atoms with Gasteiger partial charge in [-0.3, -0.25) is 14.6 Å². The molecule has 1 aromatic heterocycles. The Bertz CT molecular complexity index is 674. The number of carbonyl (C=O) groups is 2. The van der Waals surface area contributed by atoms with Crippen LogP contribution in [0.5, 0.6) is 0 Å². The molecule has 0 radical (unpaired) electrons. The Kier molecular flexibility index (Phi) is 6.75. The van der Waals surface area contributed by atoms with Crippen LogP contribution in [-0.4, -0.2) is 28.2 Å². The van der Waals surface area contributed by atoms with E-state index in [4.69, 9.17) is 11.6 Å². The molecule has 2 rings (SSSR count). The van der Waals surface area contributed by atoms with Crippen molar-refractivity contribution in [2.75, 3.05) is 6.54 Å². The molecule has 0 fully saturated rings. The van der Waals surface area contributed by atoms with E-state index in [-0.39, 0.29) is 18.2 Å². The molecule has 5 nitrogen and oxygen atoms in total. The Morgan fingerprint density at radius 3 is 2.38 bits per heavy atom. The molecule has 0 unspecified atom stereocenters. The first-order valence-electron chi connectivity index (χ1n) is 7.70. The van der Waals surface area contributed by atoms with Crippen molar-refractivity contribution in [3.05, 3.63) is 64.9 Å². The number of hydrogen-bond acceptors (Lipinski definition) is 3. The van der Waals surface area contributed by atoms with Crippen LogP contribution in [0.3, 0.4) is 0 Å². The molecular formula is C18H20ClN3O2. The van der Waals surface area contributed by atoms with Gasteiger partial charge in [-0.25, -0.2) is 0 Å². The Morgan fingerprint density at radius 2 is 1.75 bits per heavy atom. The molecule has 1 aromatic carbocycles. The van der Waals surface area contributed by atoms with Gasteiger partial charge in [0.05, 0.1) is 0 Å². The van der Waals surface area contributed by atoms with E-state index in [0.717, 1.165) is 11.1 Å². The fourth-order valence-electron chi connectivity index (χ4n) is 2.18. The Morgan fingerprint density at radius 1 is 1.08 bits per heavy atom. The van der Waals surface area contributed by atoms with E-state index in [1.807, 2.05) is 24.3 Å². The van der Waals surface area contributed by atoms with E-state index >= 15 is 0 Å². The molecule has 0 aliphatic carbocycles. The van der Waals surface area contributed by atoms with Crippen molar-refractivity contribution in [2.24, 2.45) is 0 Å². The van der Waals surface area contributed by atoms with Crippen molar-refractivity contribution < 1.29 is 9.59 Å². The number of hydrogen-bond donors (Lipinski definition) is 1.